The number of rotatable bonds is 3. The van der Waals surface area contributed by atoms with Crippen molar-refractivity contribution in [1.29, 1.82) is 0 Å². The molecule has 8 heteroatoms. The lowest BCUT2D eigenvalue weighted by Crippen LogP contribution is -2.12. The summed E-state index contributed by atoms with van der Waals surface area (Å²) in [4.78, 5) is 0. The van der Waals surface area contributed by atoms with E-state index in [2.05, 4.69) is 9.47 Å². The van der Waals surface area contributed by atoms with E-state index in [1.807, 2.05) is 0 Å². The number of alkyl halides is 3. The van der Waals surface area contributed by atoms with Crippen molar-refractivity contribution in [3.8, 4) is 5.75 Å². The molecule has 0 unspecified atom stereocenters. The molecule has 0 aliphatic rings. The quantitative estimate of drug-likeness (QED) is 0.603. The van der Waals surface area contributed by atoms with Crippen LogP contribution in [0.2, 0.25) is 5.02 Å². The lowest BCUT2D eigenvalue weighted by molar-refractivity contribution is -0.316. The number of halogens is 6. The molecular weight excluding hydrogens is 271 g/mol. The molecule has 0 aliphatic heterocycles. The summed E-state index contributed by atoms with van der Waals surface area (Å²) in [6, 6.07) is 0.350. The molecule has 17 heavy (non-hydrogen) atoms. The minimum Gasteiger partial charge on any atom is -0.427 e. The van der Waals surface area contributed by atoms with Gasteiger partial charge in [-0.2, -0.15) is 8.78 Å². The van der Waals surface area contributed by atoms with Crippen molar-refractivity contribution in [2.75, 3.05) is 0 Å². The largest absolute Gasteiger partial charge is 0.574 e. The zero-order valence-electron chi connectivity index (χ0n) is 7.89. The van der Waals surface area contributed by atoms with Crippen molar-refractivity contribution in [3.63, 3.8) is 0 Å². The number of hydrogen-bond acceptors (Lipinski definition) is 2. The molecular formula is C9H4ClF5O2. The van der Waals surface area contributed by atoms with E-state index in [1.54, 1.807) is 0 Å². The van der Waals surface area contributed by atoms with Gasteiger partial charge >= 0.3 is 18.4 Å². The Hall–Kier alpha value is -1.50. The first kappa shape index (κ1) is 13.6. The fourth-order valence-electron chi connectivity index (χ4n) is 0.816. The van der Waals surface area contributed by atoms with Crippen LogP contribution in [0.25, 0.3) is 0 Å². The monoisotopic (exact) mass is 274 g/mol. The van der Waals surface area contributed by atoms with Crippen LogP contribution in [0, 0.1) is 0 Å². The molecule has 2 nitrogen and oxygen atoms in total. The van der Waals surface area contributed by atoms with Crippen LogP contribution in [0.3, 0.4) is 0 Å². The van der Waals surface area contributed by atoms with Gasteiger partial charge in [0.15, 0.2) is 0 Å². The van der Waals surface area contributed by atoms with Gasteiger partial charge in [0.25, 0.3) is 0 Å². The molecule has 0 aromatic heterocycles. The summed E-state index contributed by atoms with van der Waals surface area (Å²) in [7, 11) is 0. The summed E-state index contributed by atoms with van der Waals surface area (Å²) in [5.74, 6) is -0.268. The van der Waals surface area contributed by atoms with Crippen molar-refractivity contribution in [2.24, 2.45) is 0 Å². The lowest BCUT2D eigenvalue weighted by atomic mass is 10.3. The Morgan fingerprint density at radius 1 is 1.12 bits per heavy atom. The highest BCUT2D eigenvalue weighted by Gasteiger charge is 2.34. The fraction of sp³-hybridized carbons (Fsp3) is 0.111. The van der Waals surface area contributed by atoms with Crippen LogP contribution in [-0.2, 0) is 4.74 Å². The molecule has 0 saturated heterocycles. The first-order chi connectivity index (χ1) is 7.78. The molecule has 0 radical (unpaired) electrons. The van der Waals surface area contributed by atoms with E-state index in [0.29, 0.717) is 0 Å². The van der Waals surface area contributed by atoms with Gasteiger partial charge in [-0.3, -0.25) is 0 Å². The Morgan fingerprint density at radius 3 is 2.29 bits per heavy atom. The Balaban J connectivity index is 2.77. The average Bonchev–Trinajstić information content (AvgIpc) is 2.14. The van der Waals surface area contributed by atoms with Gasteiger partial charge in [0.1, 0.15) is 5.75 Å². The summed E-state index contributed by atoms with van der Waals surface area (Å²) in [6.07, 6.45) is -5.33. The van der Waals surface area contributed by atoms with E-state index < -0.39 is 18.4 Å². The van der Waals surface area contributed by atoms with Crippen molar-refractivity contribution in [3.05, 3.63) is 41.3 Å². The molecule has 0 bridgehead atoms. The third-order valence-electron chi connectivity index (χ3n) is 1.36. The van der Waals surface area contributed by atoms with Crippen LogP contribution in [0.1, 0.15) is 0 Å². The van der Waals surface area contributed by atoms with Gasteiger partial charge in [-0.25, -0.2) is 0 Å². The maximum atomic E-state index is 12.8. The third-order valence-corrected chi connectivity index (χ3v) is 1.60. The fourth-order valence-corrected chi connectivity index (χ4v) is 0.996. The molecule has 0 heterocycles. The smallest absolute Gasteiger partial charge is 0.427 e. The van der Waals surface area contributed by atoms with E-state index in [1.165, 1.54) is 18.2 Å². The number of ether oxygens (including phenoxy) is 2. The van der Waals surface area contributed by atoms with E-state index in [4.69, 9.17) is 11.6 Å². The molecule has 0 amide bonds. The van der Waals surface area contributed by atoms with E-state index >= 15 is 0 Å². The van der Waals surface area contributed by atoms with E-state index in [-0.39, 0.29) is 10.8 Å². The standard InChI is InChI=1S/C9H4ClF5O2/c10-5-2-1-3-6(4-5)16-7(11)8(12)17-9(13,14)15/h1-4H/b8-7+. The topological polar surface area (TPSA) is 18.5 Å². The van der Waals surface area contributed by atoms with Crippen LogP contribution >= 0.6 is 11.6 Å². The molecule has 1 aromatic carbocycles. The second kappa shape index (κ2) is 5.22. The highest BCUT2D eigenvalue weighted by molar-refractivity contribution is 6.30. The molecule has 0 spiro atoms. The third kappa shape index (κ3) is 4.90. The first-order valence-electron chi connectivity index (χ1n) is 4.02. The van der Waals surface area contributed by atoms with Crippen molar-refractivity contribution < 1.29 is 31.4 Å². The van der Waals surface area contributed by atoms with Gasteiger partial charge in [-0.15, -0.1) is 13.2 Å². The SMILES string of the molecule is F/C(Oc1cccc(Cl)c1)=C(/F)OC(F)(F)F. The Labute approximate surface area is 97.2 Å². The summed E-state index contributed by atoms with van der Waals surface area (Å²) in [6.45, 7) is 0. The molecule has 1 rings (SSSR count). The van der Waals surface area contributed by atoms with Gasteiger partial charge < -0.3 is 9.47 Å². The maximum Gasteiger partial charge on any atom is 0.574 e. The zero-order chi connectivity index (χ0) is 13.1. The van der Waals surface area contributed by atoms with Gasteiger partial charge in [0.2, 0.25) is 0 Å². The summed E-state index contributed by atoms with van der Waals surface area (Å²) < 4.78 is 66.6. The number of hydrogen-bond donors (Lipinski definition) is 0. The normalized spacial score (nSPS) is 13.1. The average molecular weight is 275 g/mol. The first-order valence-corrected chi connectivity index (χ1v) is 4.40. The summed E-state index contributed by atoms with van der Waals surface area (Å²) in [5, 5.41) is 0.146. The zero-order valence-corrected chi connectivity index (χ0v) is 8.65. The lowest BCUT2D eigenvalue weighted by Gasteiger charge is -2.07. The molecule has 0 fully saturated rings. The molecule has 0 atom stereocenters. The predicted octanol–water partition coefficient (Wildman–Crippen LogP) is 4.32. The molecule has 0 aliphatic carbocycles. The second-order valence-electron chi connectivity index (χ2n) is 2.65. The Bertz CT molecular complexity index is 430. The summed E-state index contributed by atoms with van der Waals surface area (Å²) in [5.41, 5.74) is 0. The Morgan fingerprint density at radius 2 is 1.76 bits per heavy atom. The summed E-state index contributed by atoms with van der Waals surface area (Å²) >= 11 is 5.49. The van der Waals surface area contributed by atoms with Gasteiger partial charge in [-0.05, 0) is 18.2 Å². The van der Waals surface area contributed by atoms with Crippen LogP contribution in [0.5, 0.6) is 5.75 Å². The van der Waals surface area contributed by atoms with Crippen LogP contribution in [0.15, 0.2) is 36.3 Å². The molecule has 1 aromatic rings. The van der Waals surface area contributed by atoms with Gasteiger partial charge in [0, 0.05) is 5.02 Å². The molecule has 0 N–H and O–H groups in total. The highest BCUT2D eigenvalue weighted by Crippen LogP contribution is 2.26. The second-order valence-corrected chi connectivity index (χ2v) is 3.09. The predicted molar refractivity (Wildman–Crippen MR) is 48.5 cm³/mol. The molecule has 0 saturated carbocycles. The minimum absolute atomic E-state index is 0.146. The van der Waals surface area contributed by atoms with Crippen LogP contribution in [0.4, 0.5) is 22.0 Å². The van der Waals surface area contributed by atoms with Crippen LogP contribution < -0.4 is 4.74 Å². The van der Waals surface area contributed by atoms with Crippen molar-refractivity contribution >= 4 is 11.6 Å². The van der Waals surface area contributed by atoms with Gasteiger partial charge in [0.05, 0.1) is 0 Å². The Kier molecular flexibility index (Phi) is 4.17. The van der Waals surface area contributed by atoms with E-state index in [0.717, 1.165) is 6.07 Å². The van der Waals surface area contributed by atoms with Crippen molar-refractivity contribution in [2.45, 2.75) is 6.36 Å². The minimum atomic E-state index is -5.33. The van der Waals surface area contributed by atoms with E-state index in [9.17, 15) is 22.0 Å². The molecule has 94 valence electrons. The van der Waals surface area contributed by atoms with Crippen molar-refractivity contribution in [1.82, 2.24) is 0 Å². The highest BCUT2D eigenvalue weighted by atomic mass is 35.5. The number of benzene rings is 1. The van der Waals surface area contributed by atoms with Crippen LogP contribution in [-0.4, -0.2) is 6.36 Å². The van der Waals surface area contributed by atoms with Gasteiger partial charge in [-0.1, -0.05) is 17.7 Å². The maximum absolute atomic E-state index is 12.8.